The maximum atomic E-state index is 11.9. The number of carbonyl (C=O) groups excluding carboxylic acids is 1. The first-order valence-electron chi connectivity index (χ1n) is 8.96. The van der Waals surface area contributed by atoms with Gasteiger partial charge in [0.2, 0.25) is 5.91 Å². The number of aliphatic hydroxyl groups excluding tert-OH is 1. The summed E-state index contributed by atoms with van der Waals surface area (Å²) in [4.78, 5) is 29.3. The molecule has 0 spiro atoms. The third-order valence-electron chi connectivity index (χ3n) is 5.03. The van der Waals surface area contributed by atoms with E-state index in [1.54, 1.807) is 12.4 Å². The molecule has 0 aromatic carbocycles. The van der Waals surface area contributed by atoms with Crippen LogP contribution in [0.5, 0.6) is 0 Å². The van der Waals surface area contributed by atoms with Gasteiger partial charge in [-0.05, 0) is 24.5 Å². The van der Waals surface area contributed by atoms with Crippen molar-refractivity contribution in [2.24, 2.45) is 0 Å². The van der Waals surface area contributed by atoms with Crippen LogP contribution in [-0.4, -0.2) is 92.9 Å². The molecule has 0 radical (unpaired) electrons. The maximum absolute atomic E-state index is 11.9. The number of fused-ring (bicyclic) bond motifs is 3. The first-order chi connectivity index (χ1) is 13.0. The molecule has 1 saturated heterocycles. The fraction of sp³-hybridized carbons (Fsp3) is 0.444. The summed E-state index contributed by atoms with van der Waals surface area (Å²) in [6, 6.07) is 1.85. The molecular formula is C18H22LiN5O4. The second-order valence-corrected chi connectivity index (χ2v) is 6.93. The number of amides is 1. The van der Waals surface area contributed by atoms with Crippen molar-refractivity contribution in [1.29, 1.82) is 0 Å². The van der Waals surface area contributed by atoms with Crippen LogP contribution in [0, 0.1) is 0 Å². The third kappa shape index (κ3) is 3.98. The van der Waals surface area contributed by atoms with E-state index in [1.807, 2.05) is 11.0 Å². The number of aliphatic hydroxyl groups is 1. The summed E-state index contributed by atoms with van der Waals surface area (Å²) in [6.07, 6.45) is 3.93. The molecule has 4 rings (SSSR count). The molecule has 9 nitrogen and oxygen atoms in total. The first kappa shape index (κ1) is 20.5. The van der Waals surface area contributed by atoms with E-state index < -0.39 is 12.1 Å². The Hall–Kier alpha value is -2.18. The fourth-order valence-electron chi connectivity index (χ4n) is 3.84. The van der Waals surface area contributed by atoms with Gasteiger partial charge in [-0.2, -0.15) is 5.10 Å². The van der Waals surface area contributed by atoms with Gasteiger partial charge in [-0.25, -0.2) is 4.79 Å². The minimum absolute atomic E-state index is 0. The molecule has 2 aromatic rings. The van der Waals surface area contributed by atoms with Gasteiger partial charge < -0.3 is 15.5 Å². The topological polar surface area (TPSA) is 121 Å². The Morgan fingerprint density at radius 1 is 1.32 bits per heavy atom. The number of hydrogen-bond acceptors (Lipinski definition) is 6. The second kappa shape index (κ2) is 8.45. The first-order valence-corrected chi connectivity index (χ1v) is 8.96. The second-order valence-electron chi connectivity index (χ2n) is 6.93. The Morgan fingerprint density at radius 3 is 2.89 bits per heavy atom. The van der Waals surface area contributed by atoms with Gasteiger partial charge in [-0.1, -0.05) is 0 Å². The molecule has 3 N–H and O–H groups in total. The van der Waals surface area contributed by atoms with E-state index in [9.17, 15) is 19.8 Å². The van der Waals surface area contributed by atoms with Gasteiger partial charge in [-0.3, -0.25) is 19.4 Å². The summed E-state index contributed by atoms with van der Waals surface area (Å²) < 4.78 is 1.39. The SMILES string of the molecule is O=C1CN(CC(O)Cn2nc3c(c2C(=O)O)CCc2cnccc2-3)CCN1.[LiH]. The van der Waals surface area contributed by atoms with E-state index >= 15 is 0 Å². The number of aromatic nitrogens is 3. The molecule has 1 amide bonds. The van der Waals surface area contributed by atoms with Crippen molar-refractivity contribution < 1.29 is 19.8 Å². The van der Waals surface area contributed by atoms with Crippen LogP contribution >= 0.6 is 0 Å². The van der Waals surface area contributed by atoms with Crippen molar-refractivity contribution in [2.75, 3.05) is 26.2 Å². The van der Waals surface area contributed by atoms with Crippen LogP contribution < -0.4 is 5.32 Å². The van der Waals surface area contributed by atoms with Crippen molar-refractivity contribution in [3.8, 4) is 11.3 Å². The third-order valence-corrected chi connectivity index (χ3v) is 5.03. The van der Waals surface area contributed by atoms with Crippen molar-refractivity contribution in [1.82, 2.24) is 25.0 Å². The molecule has 28 heavy (non-hydrogen) atoms. The number of hydrogen-bond donors (Lipinski definition) is 3. The number of β-amino-alcohol motifs (C(OH)–C–C–N with tert-alkyl or cyclic N) is 1. The number of carboxylic acid groups (broad SMARTS) is 1. The zero-order chi connectivity index (χ0) is 19.0. The van der Waals surface area contributed by atoms with E-state index in [4.69, 9.17) is 0 Å². The molecule has 0 saturated carbocycles. The number of nitrogens with zero attached hydrogens (tertiary/aromatic N) is 4. The van der Waals surface area contributed by atoms with E-state index in [1.165, 1.54) is 4.68 Å². The molecule has 2 aliphatic rings. The normalized spacial score (nSPS) is 17.1. The van der Waals surface area contributed by atoms with Gasteiger partial charge in [0.25, 0.3) is 0 Å². The molecule has 1 aliphatic carbocycles. The van der Waals surface area contributed by atoms with Crippen LogP contribution in [0.25, 0.3) is 11.3 Å². The minimum atomic E-state index is -1.05. The number of pyridine rings is 1. The molecule has 1 fully saturated rings. The summed E-state index contributed by atoms with van der Waals surface area (Å²) in [7, 11) is 0. The number of rotatable bonds is 5. The summed E-state index contributed by atoms with van der Waals surface area (Å²) in [5.41, 5.74) is 3.43. The van der Waals surface area contributed by atoms with Gasteiger partial charge in [-0.15, -0.1) is 0 Å². The molecule has 1 aliphatic heterocycles. The summed E-state index contributed by atoms with van der Waals surface area (Å²) >= 11 is 0. The number of aromatic carboxylic acids is 1. The van der Waals surface area contributed by atoms with Gasteiger partial charge in [0.05, 0.1) is 24.9 Å². The quantitative estimate of drug-likeness (QED) is 0.563. The number of piperazine rings is 1. The molecule has 2 aromatic heterocycles. The standard InChI is InChI=1S/C18H21N5O4.Li.H/c24-12(8-22-6-5-20-15(25)10-22)9-23-17(18(26)27)14-2-1-11-7-19-4-3-13(11)16(14)21-23;;/h3-4,7,12,24H,1-2,5-6,8-10H2,(H,20,25)(H,26,27);;. The van der Waals surface area contributed by atoms with E-state index in [0.717, 1.165) is 11.1 Å². The van der Waals surface area contributed by atoms with Crippen LogP contribution in [0.1, 0.15) is 21.6 Å². The van der Waals surface area contributed by atoms with Crippen LogP contribution in [0.4, 0.5) is 0 Å². The van der Waals surface area contributed by atoms with Gasteiger partial charge >= 0.3 is 24.8 Å². The van der Waals surface area contributed by atoms with Crippen LogP contribution in [0.2, 0.25) is 0 Å². The van der Waals surface area contributed by atoms with E-state index in [0.29, 0.717) is 37.2 Å². The Balaban J connectivity index is 0.00000225. The Bertz CT molecular complexity index is 900. The number of aryl methyl sites for hydroxylation is 1. The Morgan fingerprint density at radius 2 is 2.14 bits per heavy atom. The predicted molar refractivity (Wildman–Crippen MR) is 102 cm³/mol. The zero-order valence-corrected chi connectivity index (χ0v) is 14.8. The van der Waals surface area contributed by atoms with Crippen molar-refractivity contribution >= 4 is 30.7 Å². The molecule has 144 valence electrons. The number of nitrogens with one attached hydrogen (secondary N) is 1. The van der Waals surface area contributed by atoms with Crippen LogP contribution in [0.15, 0.2) is 18.5 Å². The average molecular weight is 379 g/mol. The number of carbonyl (C=O) groups is 2. The van der Waals surface area contributed by atoms with Crippen molar-refractivity contribution in [3.63, 3.8) is 0 Å². The van der Waals surface area contributed by atoms with Crippen molar-refractivity contribution in [3.05, 3.63) is 35.3 Å². The Labute approximate surface area is 173 Å². The number of carboxylic acids is 1. The molecule has 1 atom stereocenters. The van der Waals surface area contributed by atoms with E-state index in [2.05, 4.69) is 15.4 Å². The van der Waals surface area contributed by atoms with Gasteiger partial charge in [0.1, 0.15) is 5.69 Å². The van der Waals surface area contributed by atoms with Crippen molar-refractivity contribution in [2.45, 2.75) is 25.5 Å². The average Bonchev–Trinajstić information content (AvgIpc) is 3.00. The fourth-order valence-corrected chi connectivity index (χ4v) is 3.84. The molecular weight excluding hydrogens is 357 g/mol. The summed E-state index contributed by atoms with van der Waals surface area (Å²) in [6.45, 7) is 1.79. The van der Waals surface area contributed by atoms with Crippen LogP contribution in [0.3, 0.4) is 0 Å². The molecule has 1 unspecified atom stereocenters. The van der Waals surface area contributed by atoms with Gasteiger partial charge in [0.15, 0.2) is 0 Å². The predicted octanol–water partition coefficient (Wildman–Crippen LogP) is -1.11. The monoisotopic (exact) mass is 379 g/mol. The summed E-state index contributed by atoms with van der Waals surface area (Å²) in [5.74, 6) is -1.12. The van der Waals surface area contributed by atoms with Crippen LogP contribution in [-0.2, 0) is 24.2 Å². The molecule has 10 heteroatoms. The molecule has 3 heterocycles. The van der Waals surface area contributed by atoms with E-state index in [-0.39, 0.29) is 50.1 Å². The molecule has 0 bridgehead atoms. The Kier molecular flexibility index (Phi) is 6.20. The zero-order valence-electron chi connectivity index (χ0n) is 14.8. The van der Waals surface area contributed by atoms with Gasteiger partial charge in [0, 0.05) is 43.2 Å². The summed E-state index contributed by atoms with van der Waals surface area (Å²) in [5, 5.41) is 27.4.